The molecule has 0 spiro atoms. The predicted octanol–water partition coefficient (Wildman–Crippen LogP) is 2.80. The van der Waals surface area contributed by atoms with Crippen LogP contribution >= 0.6 is 0 Å². The number of hydrogen-bond acceptors (Lipinski definition) is 8. The van der Waals surface area contributed by atoms with Crippen molar-refractivity contribution in [3.05, 3.63) is 48.4 Å². The summed E-state index contributed by atoms with van der Waals surface area (Å²) in [5.74, 6) is 2.13. The second kappa shape index (κ2) is 11.3. The van der Waals surface area contributed by atoms with Gasteiger partial charge in [0.25, 0.3) is 0 Å². The minimum Gasteiger partial charge on any atom is -0.389 e. The zero-order valence-corrected chi connectivity index (χ0v) is 20.8. The second-order valence-electron chi connectivity index (χ2n) is 8.50. The monoisotopic (exact) mass is 538 g/mol. The van der Waals surface area contributed by atoms with Gasteiger partial charge in [-0.1, -0.05) is 5.92 Å². The first-order chi connectivity index (χ1) is 17.3. The summed E-state index contributed by atoms with van der Waals surface area (Å²) in [6, 6.07) is 5.48. The molecular weight excluding hydrogens is 513 g/mol. The van der Waals surface area contributed by atoms with Crippen LogP contribution in [0.5, 0.6) is 0 Å². The van der Waals surface area contributed by atoms with Gasteiger partial charge in [0.15, 0.2) is 0 Å². The number of nitrogens with one attached hydrogen (secondary N) is 2. The molecule has 0 saturated heterocycles. The summed E-state index contributed by atoms with van der Waals surface area (Å²) < 4.78 is 74.3. The number of terminal acetylenes is 1. The Labute approximate surface area is 212 Å². The molecule has 3 aromatic rings. The quantitative estimate of drug-likeness (QED) is 0.251. The molecule has 0 unspecified atom stereocenters. The lowest BCUT2D eigenvalue weighted by atomic mass is 10.1. The first-order valence-electron chi connectivity index (χ1n) is 10.9. The Morgan fingerprint density at radius 2 is 1.89 bits per heavy atom. The van der Waals surface area contributed by atoms with E-state index in [-0.39, 0.29) is 42.7 Å². The Bertz CT molecular complexity index is 1360. The number of sulfonamides is 1. The maximum Gasteiger partial charge on any atom is 0.419 e. The molecule has 0 bridgehead atoms. The molecule has 0 radical (unpaired) electrons. The fourth-order valence-electron chi connectivity index (χ4n) is 3.15. The van der Waals surface area contributed by atoms with E-state index in [1.54, 1.807) is 13.8 Å². The minimum atomic E-state index is -4.72. The van der Waals surface area contributed by atoms with Crippen LogP contribution in [0, 0.1) is 12.3 Å². The van der Waals surface area contributed by atoms with Gasteiger partial charge in [-0.25, -0.2) is 23.1 Å². The topological polar surface area (TPSA) is 131 Å². The van der Waals surface area contributed by atoms with Gasteiger partial charge in [-0.3, -0.25) is 4.68 Å². The molecule has 3 rings (SSSR count). The highest BCUT2D eigenvalue weighted by atomic mass is 32.2. The van der Waals surface area contributed by atoms with E-state index in [4.69, 9.17) is 11.2 Å². The molecule has 0 amide bonds. The molecule has 10 nitrogen and oxygen atoms in total. The van der Waals surface area contributed by atoms with Gasteiger partial charge in [0.1, 0.15) is 12.2 Å². The molecule has 0 aliphatic heterocycles. The zero-order chi connectivity index (χ0) is 27.3. The van der Waals surface area contributed by atoms with E-state index >= 15 is 0 Å². The van der Waals surface area contributed by atoms with Gasteiger partial charge in [-0.05, 0) is 38.1 Å². The molecule has 0 atom stereocenters. The Hall–Kier alpha value is -3.51. The van der Waals surface area contributed by atoms with Gasteiger partial charge < -0.3 is 15.2 Å². The maximum atomic E-state index is 13.6. The van der Waals surface area contributed by atoms with Gasteiger partial charge in [0, 0.05) is 30.2 Å². The Morgan fingerprint density at radius 3 is 2.51 bits per heavy atom. The third kappa shape index (κ3) is 7.99. The number of anilines is 2. The normalized spacial score (nSPS) is 12.4. The summed E-state index contributed by atoms with van der Waals surface area (Å²) in [5.41, 5.74) is -2.15. The number of aromatic nitrogens is 4. The standard InChI is InChI=1S/C23H25F3N6O4S/c1-4-10-36-11-9-29-37(34,35)18-7-5-17(6-8-18)30-21-27-13-19(23(24,25)26)20(31-21)16-12-28-32(14-16)15-22(2,3)33/h1,5-8,12-14,29,33H,9-11,15H2,2-3H3,(H,27,30,31). The highest BCUT2D eigenvalue weighted by molar-refractivity contribution is 7.89. The fourth-order valence-corrected chi connectivity index (χ4v) is 4.16. The number of ether oxygens (including phenoxy) is 1. The van der Waals surface area contributed by atoms with E-state index in [1.807, 2.05) is 0 Å². The Kier molecular flexibility index (Phi) is 8.54. The SMILES string of the molecule is C#CCOCCNS(=O)(=O)c1ccc(Nc2ncc(C(F)(F)F)c(-c3cnn(CC(C)(C)O)c3)n2)cc1. The van der Waals surface area contributed by atoms with Gasteiger partial charge in [0.05, 0.1) is 35.5 Å². The first-order valence-corrected chi connectivity index (χ1v) is 12.3. The van der Waals surface area contributed by atoms with Crippen LogP contribution < -0.4 is 10.0 Å². The van der Waals surface area contributed by atoms with E-state index in [0.29, 0.717) is 11.9 Å². The molecule has 0 fully saturated rings. The Balaban J connectivity index is 1.80. The summed E-state index contributed by atoms with van der Waals surface area (Å²) in [7, 11) is -3.81. The van der Waals surface area contributed by atoms with Crippen molar-refractivity contribution >= 4 is 21.7 Å². The lowest BCUT2D eigenvalue weighted by molar-refractivity contribution is -0.137. The van der Waals surface area contributed by atoms with Crippen molar-refractivity contribution < 1.29 is 31.4 Å². The summed E-state index contributed by atoms with van der Waals surface area (Å²) in [4.78, 5) is 7.77. The highest BCUT2D eigenvalue weighted by Gasteiger charge is 2.36. The number of benzene rings is 1. The fraction of sp³-hybridized carbons (Fsp3) is 0.348. The van der Waals surface area contributed by atoms with E-state index in [9.17, 15) is 26.7 Å². The average Bonchev–Trinajstić information content (AvgIpc) is 3.25. The smallest absolute Gasteiger partial charge is 0.389 e. The largest absolute Gasteiger partial charge is 0.419 e. The summed E-state index contributed by atoms with van der Waals surface area (Å²) in [6.45, 7) is 3.35. The highest BCUT2D eigenvalue weighted by Crippen LogP contribution is 2.36. The van der Waals surface area contributed by atoms with Crippen molar-refractivity contribution in [1.29, 1.82) is 0 Å². The van der Waals surface area contributed by atoms with E-state index in [2.05, 4.69) is 31.0 Å². The van der Waals surface area contributed by atoms with E-state index in [1.165, 1.54) is 41.3 Å². The number of alkyl halides is 3. The van der Waals surface area contributed by atoms with Gasteiger partial charge >= 0.3 is 6.18 Å². The lowest BCUT2D eigenvalue weighted by Gasteiger charge is -2.16. The average molecular weight is 539 g/mol. The number of hydrogen-bond donors (Lipinski definition) is 3. The van der Waals surface area contributed by atoms with Crippen LogP contribution in [0.2, 0.25) is 0 Å². The number of halogens is 3. The summed E-state index contributed by atoms with van der Waals surface area (Å²) in [6.07, 6.45) is 3.56. The molecule has 14 heteroatoms. The number of nitrogens with zero attached hydrogens (tertiary/aromatic N) is 4. The molecule has 2 heterocycles. The summed E-state index contributed by atoms with van der Waals surface area (Å²) >= 11 is 0. The van der Waals surface area contributed by atoms with Crippen LogP contribution in [0.25, 0.3) is 11.3 Å². The molecule has 198 valence electrons. The number of rotatable bonds is 11. The third-order valence-corrected chi connectivity index (χ3v) is 6.17. The van der Waals surface area contributed by atoms with Gasteiger partial charge in [-0.15, -0.1) is 6.42 Å². The van der Waals surface area contributed by atoms with Crippen molar-refractivity contribution in [3.63, 3.8) is 0 Å². The van der Waals surface area contributed by atoms with Crippen LogP contribution in [0.15, 0.2) is 47.8 Å². The second-order valence-corrected chi connectivity index (χ2v) is 10.3. The molecule has 2 aromatic heterocycles. The Morgan fingerprint density at radius 1 is 1.19 bits per heavy atom. The molecule has 0 aliphatic rings. The van der Waals surface area contributed by atoms with Crippen molar-refractivity contribution in [3.8, 4) is 23.6 Å². The predicted molar refractivity (Wildman–Crippen MR) is 129 cm³/mol. The van der Waals surface area contributed by atoms with Gasteiger partial charge in [0.2, 0.25) is 16.0 Å². The molecule has 0 saturated carbocycles. The zero-order valence-electron chi connectivity index (χ0n) is 20.0. The van der Waals surface area contributed by atoms with E-state index < -0.39 is 33.1 Å². The van der Waals surface area contributed by atoms with E-state index in [0.717, 1.165) is 0 Å². The van der Waals surface area contributed by atoms with Crippen molar-refractivity contribution in [2.24, 2.45) is 0 Å². The van der Waals surface area contributed by atoms with Crippen LogP contribution in [-0.2, 0) is 27.5 Å². The molecular formula is C23H25F3N6O4S. The van der Waals surface area contributed by atoms with Crippen molar-refractivity contribution in [2.45, 2.75) is 37.1 Å². The van der Waals surface area contributed by atoms with Crippen LogP contribution in [-0.4, -0.2) is 58.6 Å². The van der Waals surface area contributed by atoms with Crippen molar-refractivity contribution in [1.82, 2.24) is 24.5 Å². The molecule has 37 heavy (non-hydrogen) atoms. The van der Waals surface area contributed by atoms with Crippen LogP contribution in [0.1, 0.15) is 19.4 Å². The molecule has 1 aromatic carbocycles. The minimum absolute atomic E-state index is 0.0248. The third-order valence-electron chi connectivity index (χ3n) is 4.69. The van der Waals surface area contributed by atoms with Crippen LogP contribution in [0.4, 0.5) is 24.8 Å². The lowest BCUT2D eigenvalue weighted by Crippen LogP contribution is -2.27. The van der Waals surface area contributed by atoms with Gasteiger partial charge in [-0.2, -0.15) is 18.3 Å². The first kappa shape index (κ1) is 28.1. The molecule has 0 aliphatic carbocycles. The maximum absolute atomic E-state index is 13.6. The summed E-state index contributed by atoms with van der Waals surface area (Å²) in [5, 5.41) is 16.7. The number of aliphatic hydroxyl groups is 1. The van der Waals surface area contributed by atoms with Crippen LogP contribution in [0.3, 0.4) is 0 Å². The van der Waals surface area contributed by atoms with Crippen molar-refractivity contribution in [2.75, 3.05) is 25.1 Å². The molecule has 3 N–H and O–H groups in total.